The number of nitrogens with zero attached hydrogens (tertiary/aromatic N) is 4. The van der Waals surface area contributed by atoms with Crippen LogP contribution in [0.15, 0.2) is 59.6 Å². The maximum absolute atomic E-state index is 13.0. The second-order valence-corrected chi connectivity index (χ2v) is 6.43. The van der Waals surface area contributed by atoms with Crippen molar-refractivity contribution in [2.45, 2.75) is 19.9 Å². The van der Waals surface area contributed by atoms with Crippen molar-refractivity contribution in [1.29, 1.82) is 0 Å². The Balaban J connectivity index is 1.85. The summed E-state index contributed by atoms with van der Waals surface area (Å²) in [5.74, 6) is -0.0528. The van der Waals surface area contributed by atoms with Gasteiger partial charge in [0.15, 0.2) is 5.76 Å². The average Bonchev–Trinajstić information content (AvgIpc) is 3.21. The summed E-state index contributed by atoms with van der Waals surface area (Å²) in [6.45, 7) is 3.82. The minimum absolute atomic E-state index is 0.0684. The summed E-state index contributed by atoms with van der Waals surface area (Å²) in [6.07, 6.45) is 6.35. The molecule has 3 heterocycles. The Morgan fingerprint density at radius 2 is 2.04 bits per heavy atom. The highest BCUT2D eigenvalue weighted by Crippen LogP contribution is 2.39. The lowest BCUT2D eigenvalue weighted by molar-refractivity contribution is -0.117. The van der Waals surface area contributed by atoms with E-state index in [0.717, 1.165) is 5.56 Å². The lowest BCUT2D eigenvalue weighted by Crippen LogP contribution is -2.51. The van der Waals surface area contributed by atoms with Gasteiger partial charge >= 0.3 is 0 Å². The summed E-state index contributed by atoms with van der Waals surface area (Å²) < 4.78 is 5.29. The highest BCUT2D eigenvalue weighted by Gasteiger charge is 2.35. The minimum Gasteiger partial charge on any atom is -0.459 e. The van der Waals surface area contributed by atoms with Crippen LogP contribution in [0.4, 0.5) is 11.4 Å². The van der Waals surface area contributed by atoms with Crippen LogP contribution in [-0.2, 0) is 4.79 Å². The monoisotopic (exact) mass is 362 g/mol. The Labute approximate surface area is 156 Å². The normalized spacial score (nSPS) is 16.1. The molecule has 7 heteroatoms. The van der Waals surface area contributed by atoms with Crippen molar-refractivity contribution in [2.24, 2.45) is 0 Å². The smallest absolute Gasteiger partial charge is 0.294 e. The molecule has 1 aliphatic rings. The number of anilines is 2. The molecule has 0 radical (unpaired) electrons. The molecule has 0 saturated carbocycles. The Kier molecular flexibility index (Phi) is 4.19. The SMILES string of the molecule is CC(=O)N1c2ccc(-c3cnccn3)cc2N(C(=O)c2ccco2)C[C@@H]1C. The van der Waals surface area contributed by atoms with E-state index in [1.54, 1.807) is 40.5 Å². The van der Waals surface area contributed by atoms with Crippen LogP contribution in [-0.4, -0.2) is 34.4 Å². The summed E-state index contributed by atoms with van der Waals surface area (Å²) in [5.41, 5.74) is 2.84. The van der Waals surface area contributed by atoms with Crippen LogP contribution in [0.5, 0.6) is 0 Å². The molecule has 0 unspecified atom stereocenters. The van der Waals surface area contributed by atoms with Gasteiger partial charge in [0.1, 0.15) is 0 Å². The van der Waals surface area contributed by atoms with Gasteiger partial charge < -0.3 is 14.2 Å². The number of carbonyl (C=O) groups excluding carboxylic acids is 2. The van der Waals surface area contributed by atoms with Crippen molar-refractivity contribution in [3.8, 4) is 11.3 Å². The average molecular weight is 362 g/mol. The van der Waals surface area contributed by atoms with Crippen LogP contribution in [0.25, 0.3) is 11.3 Å². The maximum Gasteiger partial charge on any atom is 0.294 e. The van der Waals surface area contributed by atoms with Gasteiger partial charge in [0.2, 0.25) is 5.91 Å². The molecular formula is C20H18N4O3. The second-order valence-electron chi connectivity index (χ2n) is 6.43. The topological polar surface area (TPSA) is 79.5 Å². The lowest BCUT2D eigenvalue weighted by atomic mass is 10.0. The molecule has 0 fully saturated rings. The summed E-state index contributed by atoms with van der Waals surface area (Å²) in [7, 11) is 0. The first kappa shape index (κ1) is 17.0. The predicted octanol–water partition coefficient (Wildman–Crippen LogP) is 3.14. The summed E-state index contributed by atoms with van der Waals surface area (Å²) in [5, 5.41) is 0. The predicted molar refractivity (Wildman–Crippen MR) is 100 cm³/mol. The Morgan fingerprint density at radius 1 is 1.19 bits per heavy atom. The quantitative estimate of drug-likeness (QED) is 0.700. The number of carbonyl (C=O) groups is 2. The van der Waals surface area contributed by atoms with Crippen LogP contribution >= 0.6 is 0 Å². The Hall–Kier alpha value is -3.48. The van der Waals surface area contributed by atoms with Gasteiger partial charge in [0.05, 0.1) is 35.6 Å². The molecule has 27 heavy (non-hydrogen) atoms. The molecule has 4 rings (SSSR count). The first-order valence-corrected chi connectivity index (χ1v) is 8.62. The van der Waals surface area contributed by atoms with Crippen molar-refractivity contribution < 1.29 is 14.0 Å². The van der Waals surface area contributed by atoms with Crippen LogP contribution in [0.1, 0.15) is 24.4 Å². The third-order valence-electron chi connectivity index (χ3n) is 4.59. The molecule has 1 aromatic carbocycles. The molecule has 1 aliphatic heterocycles. The van der Waals surface area contributed by atoms with Crippen molar-refractivity contribution in [2.75, 3.05) is 16.3 Å². The van der Waals surface area contributed by atoms with Crippen molar-refractivity contribution in [3.05, 3.63) is 60.9 Å². The molecule has 2 amide bonds. The van der Waals surface area contributed by atoms with Gasteiger partial charge in [-0.1, -0.05) is 6.07 Å². The number of aromatic nitrogens is 2. The lowest BCUT2D eigenvalue weighted by Gasteiger charge is -2.40. The Bertz CT molecular complexity index is 986. The number of rotatable bonds is 2. The fourth-order valence-corrected chi connectivity index (χ4v) is 3.44. The summed E-state index contributed by atoms with van der Waals surface area (Å²) >= 11 is 0. The molecule has 136 valence electrons. The number of hydrogen-bond acceptors (Lipinski definition) is 5. The third kappa shape index (κ3) is 2.97. The summed E-state index contributed by atoms with van der Waals surface area (Å²) in [6, 6.07) is 8.75. The van der Waals surface area contributed by atoms with Crippen LogP contribution in [0.2, 0.25) is 0 Å². The van der Waals surface area contributed by atoms with Gasteiger partial charge in [-0.15, -0.1) is 0 Å². The number of furan rings is 1. The molecule has 0 bridgehead atoms. The van der Waals surface area contributed by atoms with E-state index in [2.05, 4.69) is 9.97 Å². The standard InChI is InChI=1S/C20H18N4O3/c1-13-12-23(20(26)19-4-3-9-27-19)18-10-15(16-11-21-7-8-22-16)5-6-17(18)24(13)14(2)25/h3-11,13H,12H2,1-2H3/t13-/m0/s1. The zero-order chi connectivity index (χ0) is 19.0. The second kappa shape index (κ2) is 6.68. The highest BCUT2D eigenvalue weighted by molar-refractivity contribution is 6.09. The van der Waals surface area contributed by atoms with E-state index in [9.17, 15) is 9.59 Å². The number of fused-ring (bicyclic) bond motifs is 1. The summed E-state index contributed by atoms with van der Waals surface area (Å²) in [4.78, 5) is 37.0. The third-order valence-corrected chi connectivity index (χ3v) is 4.59. The minimum atomic E-state index is -0.243. The van der Waals surface area contributed by atoms with E-state index in [1.165, 1.54) is 13.2 Å². The molecule has 1 atom stereocenters. The number of benzene rings is 1. The molecule has 0 spiro atoms. The first-order chi connectivity index (χ1) is 13.1. The number of hydrogen-bond donors (Lipinski definition) is 0. The molecule has 3 aromatic rings. The molecule has 0 aliphatic carbocycles. The zero-order valence-electron chi connectivity index (χ0n) is 15.0. The van der Waals surface area contributed by atoms with E-state index in [4.69, 9.17) is 4.42 Å². The van der Waals surface area contributed by atoms with Crippen molar-refractivity contribution in [1.82, 2.24) is 9.97 Å². The van der Waals surface area contributed by atoms with Crippen molar-refractivity contribution in [3.63, 3.8) is 0 Å². The first-order valence-electron chi connectivity index (χ1n) is 8.62. The van der Waals surface area contributed by atoms with Crippen LogP contribution < -0.4 is 9.80 Å². The van der Waals surface area contributed by atoms with E-state index >= 15 is 0 Å². The molecule has 2 aromatic heterocycles. The molecule has 0 saturated heterocycles. The van der Waals surface area contributed by atoms with E-state index in [1.807, 2.05) is 25.1 Å². The number of amides is 2. The van der Waals surface area contributed by atoms with Gasteiger partial charge in [0, 0.05) is 31.4 Å². The van der Waals surface area contributed by atoms with Gasteiger partial charge in [-0.3, -0.25) is 19.6 Å². The largest absolute Gasteiger partial charge is 0.459 e. The van der Waals surface area contributed by atoms with Crippen LogP contribution in [0, 0.1) is 0 Å². The van der Waals surface area contributed by atoms with E-state index < -0.39 is 0 Å². The maximum atomic E-state index is 13.0. The van der Waals surface area contributed by atoms with Gasteiger partial charge in [-0.2, -0.15) is 0 Å². The highest BCUT2D eigenvalue weighted by atomic mass is 16.3. The van der Waals surface area contributed by atoms with Gasteiger partial charge in [-0.25, -0.2) is 0 Å². The Morgan fingerprint density at radius 3 is 2.70 bits per heavy atom. The fraction of sp³-hybridized carbons (Fsp3) is 0.200. The zero-order valence-corrected chi connectivity index (χ0v) is 15.0. The van der Waals surface area contributed by atoms with Crippen molar-refractivity contribution >= 4 is 23.2 Å². The molecule has 7 nitrogen and oxygen atoms in total. The van der Waals surface area contributed by atoms with Gasteiger partial charge in [0.25, 0.3) is 5.91 Å². The van der Waals surface area contributed by atoms with E-state index in [0.29, 0.717) is 23.6 Å². The van der Waals surface area contributed by atoms with E-state index in [-0.39, 0.29) is 23.6 Å². The molecule has 0 N–H and O–H groups in total. The van der Waals surface area contributed by atoms with Gasteiger partial charge in [-0.05, 0) is 31.2 Å². The fourth-order valence-electron chi connectivity index (χ4n) is 3.44. The van der Waals surface area contributed by atoms with Crippen LogP contribution in [0.3, 0.4) is 0 Å². The molecular weight excluding hydrogens is 344 g/mol.